The van der Waals surface area contributed by atoms with E-state index in [1.165, 1.54) is 26.9 Å². The zero-order chi connectivity index (χ0) is 41.9. The molecule has 0 aliphatic carbocycles. The molecule has 0 aliphatic rings. The van der Waals surface area contributed by atoms with E-state index in [9.17, 15) is 4.39 Å². The molecule has 0 fully saturated rings. The number of fused-ring (bicyclic) bond motifs is 8. The monoisotopic (exact) mass is 812 g/mol. The van der Waals surface area contributed by atoms with Gasteiger partial charge in [0.25, 0.3) is 0 Å². The van der Waals surface area contributed by atoms with Gasteiger partial charge in [0.2, 0.25) is 0 Å². The first-order chi connectivity index (χ1) is 31.0. The van der Waals surface area contributed by atoms with E-state index in [1.54, 1.807) is 6.07 Å². The number of aromatic nitrogens is 2. The van der Waals surface area contributed by atoms with Gasteiger partial charge in [-0.05, 0) is 146 Å². The molecule has 0 atom stereocenters. The van der Waals surface area contributed by atoms with Crippen LogP contribution in [0.3, 0.4) is 0 Å². The molecule has 0 amide bonds. The molecule has 0 unspecified atom stereocenters. The predicted molar refractivity (Wildman–Crippen MR) is 254 cm³/mol. The number of hydrogen-bond donors (Lipinski definition) is 0. The lowest BCUT2D eigenvalue weighted by atomic mass is 9.83. The lowest BCUT2D eigenvalue weighted by molar-refractivity contribution is 0.548. The molecule has 0 spiro atoms. The molecule has 2 nitrogen and oxygen atoms in total. The SMILES string of the molecule is Fc1cc(F)c(-c2ccc3c4c(-c5cccc(-c6ccccn6)c5)c5c(cc6c7ccccc7c7cccc5c76)c(-c5cccc(-c6ccccn6)c5)c4c4cccc2c43)c(F)c1. The van der Waals surface area contributed by atoms with Crippen molar-refractivity contribution in [1.29, 1.82) is 0 Å². The largest absolute Gasteiger partial charge is 0.256 e. The van der Waals surface area contributed by atoms with Gasteiger partial charge in [0.05, 0.1) is 17.0 Å². The highest BCUT2D eigenvalue weighted by molar-refractivity contribution is 6.45. The van der Waals surface area contributed by atoms with Crippen molar-refractivity contribution in [2.45, 2.75) is 0 Å². The Morgan fingerprint density at radius 1 is 0.286 bits per heavy atom. The number of benzene rings is 9. The van der Waals surface area contributed by atoms with Crippen LogP contribution in [0.2, 0.25) is 0 Å². The Labute approximate surface area is 358 Å². The van der Waals surface area contributed by atoms with Gasteiger partial charge in [-0.1, -0.05) is 121 Å². The molecule has 2 aromatic heterocycles. The van der Waals surface area contributed by atoms with Gasteiger partial charge in [0.15, 0.2) is 0 Å². The molecule has 0 saturated heterocycles. The van der Waals surface area contributed by atoms with Gasteiger partial charge in [-0.3, -0.25) is 9.97 Å². The van der Waals surface area contributed by atoms with E-state index >= 15 is 8.78 Å². The standard InChI is InChI=1S/C58H31F3N2/c59-36-29-47(60)56(48(61)30-36)41-23-24-44-53-40(41)18-10-20-43(53)57-51(34-13-7-11-32(27-34)49-21-3-5-25-62-49)46-31-45-38-16-2-1-15-37(38)39-17-9-19-42(54(39)45)55(46)52(58(44)57)35-14-8-12-33(28-35)50-22-4-6-26-63-50/h1-31H. The van der Waals surface area contributed by atoms with E-state index in [0.717, 1.165) is 100.0 Å². The third-order valence-electron chi connectivity index (χ3n) is 13.0. The summed E-state index contributed by atoms with van der Waals surface area (Å²) in [4.78, 5) is 9.48. The lowest BCUT2D eigenvalue weighted by Crippen LogP contribution is -1.93. The summed E-state index contributed by atoms with van der Waals surface area (Å²) in [5.74, 6) is -2.85. The Morgan fingerprint density at radius 3 is 1.43 bits per heavy atom. The molecular formula is C58H31F3N2. The van der Waals surface area contributed by atoms with Crippen molar-refractivity contribution in [2.75, 3.05) is 0 Å². The van der Waals surface area contributed by atoms with Gasteiger partial charge in [-0.25, -0.2) is 13.2 Å². The molecule has 13 rings (SSSR count). The third-order valence-corrected chi connectivity index (χ3v) is 13.0. The maximum Gasteiger partial charge on any atom is 0.136 e. The maximum atomic E-state index is 15.8. The minimum atomic E-state index is -0.959. The first-order valence-corrected chi connectivity index (χ1v) is 21.0. The fourth-order valence-corrected chi connectivity index (χ4v) is 10.6. The van der Waals surface area contributed by atoms with Crippen molar-refractivity contribution in [3.63, 3.8) is 0 Å². The molecule has 2 heterocycles. The van der Waals surface area contributed by atoms with Crippen molar-refractivity contribution < 1.29 is 13.2 Å². The zero-order valence-corrected chi connectivity index (χ0v) is 33.4. The predicted octanol–water partition coefficient (Wildman–Crippen LogP) is 16.2. The quantitative estimate of drug-likeness (QED) is 0.162. The molecule has 0 aliphatic heterocycles. The molecule has 0 bridgehead atoms. The lowest BCUT2D eigenvalue weighted by Gasteiger charge is -2.20. The van der Waals surface area contributed by atoms with Crippen molar-refractivity contribution in [3.05, 3.63) is 206 Å². The van der Waals surface area contributed by atoms with Crippen LogP contribution in [0, 0.1) is 17.5 Å². The Kier molecular flexibility index (Phi) is 7.58. The van der Waals surface area contributed by atoms with Crippen LogP contribution < -0.4 is 0 Å². The van der Waals surface area contributed by atoms with Crippen LogP contribution >= 0.6 is 0 Å². The summed E-state index contributed by atoms with van der Waals surface area (Å²) in [6.45, 7) is 0. The fraction of sp³-hybridized carbons (Fsp3) is 0. The van der Waals surface area contributed by atoms with E-state index < -0.39 is 17.5 Å². The minimum absolute atomic E-state index is 0.253. The van der Waals surface area contributed by atoms with Gasteiger partial charge in [-0.2, -0.15) is 0 Å². The number of rotatable bonds is 5. The summed E-state index contributed by atoms with van der Waals surface area (Å²) in [7, 11) is 0. The first kappa shape index (κ1) is 35.6. The highest BCUT2D eigenvalue weighted by atomic mass is 19.1. The number of hydrogen-bond acceptors (Lipinski definition) is 2. The highest BCUT2D eigenvalue weighted by Crippen LogP contribution is 2.55. The van der Waals surface area contributed by atoms with Crippen molar-refractivity contribution >= 4 is 75.4 Å². The van der Waals surface area contributed by atoms with E-state index in [1.807, 2.05) is 67.0 Å². The van der Waals surface area contributed by atoms with Crippen molar-refractivity contribution in [3.8, 4) is 55.9 Å². The summed E-state index contributed by atoms with van der Waals surface area (Å²) in [6, 6.07) is 58.1. The molecule has 13 aromatic rings. The Morgan fingerprint density at radius 2 is 0.778 bits per heavy atom. The summed E-state index contributed by atoms with van der Waals surface area (Å²) in [5, 5.41) is 14.9. The fourth-order valence-electron chi connectivity index (χ4n) is 10.6. The van der Waals surface area contributed by atoms with Gasteiger partial charge in [0.1, 0.15) is 17.5 Å². The average molecular weight is 813 g/mol. The van der Waals surface area contributed by atoms with Gasteiger partial charge >= 0.3 is 0 Å². The second kappa shape index (κ2) is 13.4. The third kappa shape index (κ3) is 5.14. The number of pyridine rings is 2. The number of nitrogens with zero attached hydrogens (tertiary/aromatic N) is 2. The van der Waals surface area contributed by atoms with Crippen LogP contribution in [0.25, 0.3) is 131 Å². The van der Waals surface area contributed by atoms with Crippen molar-refractivity contribution in [2.24, 2.45) is 0 Å². The van der Waals surface area contributed by atoms with Crippen molar-refractivity contribution in [1.82, 2.24) is 9.97 Å². The van der Waals surface area contributed by atoms with E-state index in [-0.39, 0.29) is 5.56 Å². The maximum absolute atomic E-state index is 15.8. The summed E-state index contributed by atoms with van der Waals surface area (Å²) in [5.41, 5.74) is 7.96. The minimum Gasteiger partial charge on any atom is -0.256 e. The Bertz CT molecular complexity index is 3970. The highest BCUT2D eigenvalue weighted by Gasteiger charge is 2.28. The summed E-state index contributed by atoms with van der Waals surface area (Å²) >= 11 is 0. The molecule has 0 radical (unpaired) electrons. The van der Waals surface area contributed by atoms with Gasteiger partial charge < -0.3 is 0 Å². The molecule has 5 heteroatoms. The van der Waals surface area contributed by atoms with E-state index in [4.69, 9.17) is 9.97 Å². The normalized spacial score (nSPS) is 12.0. The van der Waals surface area contributed by atoms with Crippen LogP contribution in [-0.2, 0) is 0 Å². The molecular weight excluding hydrogens is 782 g/mol. The molecule has 0 N–H and O–H groups in total. The average Bonchev–Trinajstić information content (AvgIpc) is 3.83. The second-order valence-corrected chi connectivity index (χ2v) is 16.3. The van der Waals surface area contributed by atoms with Gasteiger partial charge in [-0.15, -0.1) is 0 Å². The van der Waals surface area contributed by atoms with E-state index in [0.29, 0.717) is 10.9 Å². The number of halogens is 3. The molecule has 294 valence electrons. The summed E-state index contributed by atoms with van der Waals surface area (Å²) in [6.07, 6.45) is 3.63. The van der Waals surface area contributed by atoms with E-state index in [2.05, 4.69) is 103 Å². The van der Waals surface area contributed by atoms with Crippen LogP contribution in [-0.4, -0.2) is 9.97 Å². The second-order valence-electron chi connectivity index (χ2n) is 16.3. The smallest absolute Gasteiger partial charge is 0.136 e. The Balaban J connectivity index is 1.29. The van der Waals surface area contributed by atoms with Crippen LogP contribution in [0.4, 0.5) is 13.2 Å². The van der Waals surface area contributed by atoms with Crippen LogP contribution in [0.1, 0.15) is 0 Å². The molecule has 0 saturated carbocycles. The van der Waals surface area contributed by atoms with Crippen LogP contribution in [0.5, 0.6) is 0 Å². The van der Waals surface area contributed by atoms with Crippen LogP contribution in [0.15, 0.2) is 188 Å². The topological polar surface area (TPSA) is 25.8 Å². The first-order valence-electron chi connectivity index (χ1n) is 21.0. The summed E-state index contributed by atoms with van der Waals surface area (Å²) < 4.78 is 45.9. The van der Waals surface area contributed by atoms with Gasteiger partial charge in [0, 0.05) is 35.7 Å². The molecule has 11 aromatic carbocycles. The zero-order valence-electron chi connectivity index (χ0n) is 33.4. The Hall–Kier alpha value is -8.15. The molecule has 63 heavy (non-hydrogen) atoms.